The minimum Gasteiger partial charge on any atom is -0.370 e. The number of sulfone groups is 1. The first-order chi connectivity index (χ1) is 13.2. The third-order valence-corrected chi connectivity index (χ3v) is 8.50. The Labute approximate surface area is 161 Å². The highest BCUT2D eigenvalue weighted by Crippen LogP contribution is 2.58. The molecule has 2 aromatic rings. The predicted octanol–water partition coefficient (Wildman–Crippen LogP) is 3.47. The van der Waals surface area contributed by atoms with Crippen LogP contribution < -0.4 is 4.90 Å². The highest BCUT2D eigenvalue weighted by atomic mass is 32.2. The molecular weight excluding hydrogens is 391 g/mol. The number of alkyl halides is 2. The van der Waals surface area contributed by atoms with Crippen LogP contribution in [0.2, 0.25) is 0 Å². The Morgan fingerprint density at radius 1 is 1.07 bits per heavy atom. The van der Waals surface area contributed by atoms with E-state index in [0.29, 0.717) is 25.9 Å². The van der Waals surface area contributed by atoms with E-state index in [1.807, 2.05) is 11.0 Å². The van der Waals surface area contributed by atoms with E-state index in [4.69, 9.17) is 0 Å². The number of aromatic nitrogens is 2. The first-order valence-corrected chi connectivity index (χ1v) is 10.6. The predicted molar refractivity (Wildman–Crippen MR) is 97.5 cm³/mol. The van der Waals surface area contributed by atoms with Crippen molar-refractivity contribution in [3.05, 3.63) is 48.5 Å². The molecule has 150 valence electrons. The number of hydrogen-bond donors (Lipinski definition) is 0. The van der Waals surface area contributed by atoms with Crippen LogP contribution in [-0.4, -0.2) is 42.4 Å². The molecule has 1 aromatic heterocycles. The Morgan fingerprint density at radius 2 is 1.79 bits per heavy atom. The fourth-order valence-corrected chi connectivity index (χ4v) is 7.00. The van der Waals surface area contributed by atoms with Gasteiger partial charge in [0.25, 0.3) is 5.92 Å². The molecule has 1 aliphatic carbocycles. The molecule has 5 nitrogen and oxygen atoms in total. The summed E-state index contributed by atoms with van der Waals surface area (Å²) in [4.78, 5) is 1.83. The van der Waals surface area contributed by atoms with Crippen molar-refractivity contribution in [3.63, 3.8) is 0 Å². The monoisotopic (exact) mass is 411 g/mol. The molecule has 2 fully saturated rings. The van der Waals surface area contributed by atoms with Crippen molar-refractivity contribution in [2.24, 2.45) is 5.92 Å². The van der Waals surface area contributed by atoms with Gasteiger partial charge in [-0.15, -0.1) is 0 Å². The van der Waals surface area contributed by atoms with E-state index in [1.165, 1.54) is 12.1 Å². The van der Waals surface area contributed by atoms with Crippen LogP contribution in [0.4, 0.5) is 18.9 Å². The van der Waals surface area contributed by atoms with Crippen molar-refractivity contribution in [1.82, 2.24) is 10.2 Å². The Hall–Kier alpha value is -2.16. The van der Waals surface area contributed by atoms with Crippen molar-refractivity contribution >= 4 is 15.5 Å². The van der Waals surface area contributed by atoms with E-state index in [9.17, 15) is 21.6 Å². The van der Waals surface area contributed by atoms with Crippen LogP contribution in [0, 0.1) is 11.7 Å². The maximum absolute atomic E-state index is 13.9. The molecule has 4 rings (SSSR count). The van der Waals surface area contributed by atoms with Gasteiger partial charge in [-0.2, -0.15) is 10.2 Å². The molecular formula is C19H20F3N3O2S. The van der Waals surface area contributed by atoms with Gasteiger partial charge in [-0.05, 0) is 43.0 Å². The van der Waals surface area contributed by atoms with E-state index < -0.39 is 45.1 Å². The summed E-state index contributed by atoms with van der Waals surface area (Å²) in [6.07, 6.45) is 2.71. The normalized spacial score (nSPS) is 21.9. The molecule has 0 unspecified atom stereocenters. The van der Waals surface area contributed by atoms with Gasteiger partial charge in [0.1, 0.15) is 5.82 Å². The van der Waals surface area contributed by atoms with Crippen LogP contribution >= 0.6 is 0 Å². The van der Waals surface area contributed by atoms with Crippen molar-refractivity contribution in [2.45, 2.75) is 41.2 Å². The van der Waals surface area contributed by atoms with Crippen molar-refractivity contribution in [1.29, 1.82) is 0 Å². The molecule has 0 N–H and O–H groups in total. The average molecular weight is 411 g/mol. The number of piperidine rings is 1. The molecule has 0 spiro atoms. The van der Waals surface area contributed by atoms with Gasteiger partial charge >= 0.3 is 0 Å². The standard InChI is InChI=1S/C19H20F3N3O2S/c20-15-2-1-3-17(10-15)28(26,27)18(12-19(21,22)13-18)14-5-8-25(9-6-14)16-4-7-23-24-11-16/h1-4,7,10-11,14H,5-6,8-9,12-13H2. The van der Waals surface area contributed by atoms with Crippen LogP contribution in [-0.2, 0) is 9.84 Å². The van der Waals surface area contributed by atoms with Gasteiger partial charge < -0.3 is 4.90 Å². The van der Waals surface area contributed by atoms with Gasteiger partial charge in [0, 0.05) is 25.9 Å². The molecule has 0 atom stereocenters. The summed E-state index contributed by atoms with van der Waals surface area (Å²) in [6, 6.07) is 6.46. The second-order valence-corrected chi connectivity index (χ2v) is 9.89. The lowest BCUT2D eigenvalue weighted by Crippen LogP contribution is -2.62. The fraction of sp³-hybridized carbons (Fsp3) is 0.474. The molecule has 2 heterocycles. The second kappa shape index (κ2) is 6.72. The summed E-state index contributed by atoms with van der Waals surface area (Å²) in [5.41, 5.74) is 0.870. The SMILES string of the molecule is O=S(=O)(c1cccc(F)c1)C1(C2CCN(c3ccnnc3)CC2)CC(F)(F)C1. The lowest BCUT2D eigenvalue weighted by atomic mass is 9.68. The third kappa shape index (κ3) is 3.15. The summed E-state index contributed by atoms with van der Waals surface area (Å²) in [7, 11) is -4.10. The summed E-state index contributed by atoms with van der Waals surface area (Å²) < 4.78 is 66.4. The molecule has 1 aromatic carbocycles. The maximum atomic E-state index is 13.9. The molecule has 9 heteroatoms. The van der Waals surface area contributed by atoms with E-state index in [0.717, 1.165) is 17.8 Å². The highest BCUT2D eigenvalue weighted by molar-refractivity contribution is 7.93. The highest BCUT2D eigenvalue weighted by Gasteiger charge is 2.67. The minimum absolute atomic E-state index is 0.219. The summed E-state index contributed by atoms with van der Waals surface area (Å²) in [6.45, 7) is 1.09. The zero-order valence-corrected chi connectivity index (χ0v) is 15.9. The molecule has 1 saturated carbocycles. The van der Waals surface area contributed by atoms with Crippen molar-refractivity contribution < 1.29 is 21.6 Å². The largest absolute Gasteiger partial charge is 0.370 e. The van der Waals surface area contributed by atoms with Gasteiger partial charge in [-0.1, -0.05) is 6.07 Å². The molecule has 1 aliphatic heterocycles. The quantitative estimate of drug-likeness (QED) is 0.771. The molecule has 0 amide bonds. The van der Waals surface area contributed by atoms with E-state index >= 15 is 0 Å². The maximum Gasteiger partial charge on any atom is 0.251 e. The third-order valence-electron chi connectivity index (χ3n) is 5.93. The van der Waals surface area contributed by atoms with Gasteiger partial charge in [-0.25, -0.2) is 21.6 Å². The van der Waals surface area contributed by atoms with Crippen molar-refractivity contribution in [2.75, 3.05) is 18.0 Å². The second-order valence-electron chi connectivity index (χ2n) is 7.60. The minimum atomic E-state index is -4.10. The topological polar surface area (TPSA) is 63.2 Å². The van der Waals surface area contributed by atoms with E-state index in [-0.39, 0.29) is 4.90 Å². The summed E-state index contributed by atoms with van der Waals surface area (Å²) in [5.74, 6) is -4.11. The zero-order chi connectivity index (χ0) is 20.0. The van der Waals surface area contributed by atoms with Crippen LogP contribution in [0.3, 0.4) is 0 Å². The number of hydrogen-bond acceptors (Lipinski definition) is 5. The van der Waals surface area contributed by atoms with Gasteiger partial charge in [0.2, 0.25) is 0 Å². The van der Waals surface area contributed by atoms with Gasteiger partial charge in [0.05, 0.1) is 27.7 Å². The Kier molecular flexibility index (Phi) is 4.60. The van der Waals surface area contributed by atoms with Crippen LogP contribution in [0.5, 0.6) is 0 Å². The Morgan fingerprint density at radius 3 is 2.36 bits per heavy atom. The van der Waals surface area contributed by atoms with Crippen LogP contribution in [0.15, 0.2) is 47.6 Å². The lowest BCUT2D eigenvalue weighted by molar-refractivity contribution is -0.114. The lowest BCUT2D eigenvalue weighted by Gasteiger charge is -2.53. The van der Waals surface area contributed by atoms with Crippen molar-refractivity contribution in [3.8, 4) is 0 Å². The van der Waals surface area contributed by atoms with Crippen LogP contribution in [0.25, 0.3) is 0 Å². The first-order valence-electron chi connectivity index (χ1n) is 9.13. The first kappa shape index (κ1) is 19.2. The van der Waals surface area contributed by atoms with Gasteiger partial charge in [-0.3, -0.25) is 0 Å². The number of anilines is 1. The number of benzene rings is 1. The molecule has 0 bridgehead atoms. The zero-order valence-electron chi connectivity index (χ0n) is 15.1. The number of rotatable bonds is 4. The molecule has 1 saturated heterocycles. The molecule has 28 heavy (non-hydrogen) atoms. The van der Waals surface area contributed by atoms with Gasteiger partial charge in [0.15, 0.2) is 9.84 Å². The Balaban J connectivity index is 1.61. The number of nitrogens with zero attached hydrogens (tertiary/aromatic N) is 3. The van der Waals surface area contributed by atoms with E-state index in [2.05, 4.69) is 10.2 Å². The molecule has 2 aliphatic rings. The smallest absolute Gasteiger partial charge is 0.251 e. The number of halogens is 3. The fourth-order valence-electron chi connectivity index (χ4n) is 4.53. The average Bonchev–Trinajstić information content (AvgIpc) is 2.66. The molecule has 0 radical (unpaired) electrons. The summed E-state index contributed by atoms with van der Waals surface area (Å²) in [5, 5.41) is 7.57. The van der Waals surface area contributed by atoms with Crippen LogP contribution in [0.1, 0.15) is 25.7 Å². The van der Waals surface area contributed by atoms with E-state index in [1.54, 1.807) is 12.4 Å². The summed E-state index contributed by atoms with van der Waals surface area (Å²) >= 11 is 0. The Bertz CT molecular complexity index is 953.